The molecular formula is C12H19NO4. The maximum atomic E-state index is 12.3. The standard InChI is InChI=1S/C12H19NO4/c14-11(9-4-2-1-3-5-9)13-6-7-17-8-10(13)12(15)16/h9-10H,1-8H2,(H,15,16). The lowest BCUT2D eigenvalue weighted by Crippen LogP contribution is -2.54. The van der Waals surface area contributed by atoms with E-state index in [0.717, 1.165) is 25.7 Å². The van der Waals surface area contributed by atoms with E-state index < -0.39 is 12.0 Å². The van der Waals surface area contributed by atoms with Crippen LogP contribution in [-0.2, 0) is 14.3 Å². The average molecular weight is 241 g/mol. The molecule has 0 aromatic heterocycles. The highest BCUT2D eigenvalue weighted by Gasteiger charge is 2.36. The van der Waals surface area contributed by atoms with E-state index >= 15 is 0 Å². The summed E-state index contributed by atoms with van der Waals surface area (Å²) < 4.78 is 5.14. The molecular weight excluding hydrogens is 222 g/mol. The van der Waals surface area contributed by atoms with E-state index in [1.165, 1.54) is 11.3 Å². The van der Waals surface area contributed by atoms with Gasteiger partial charge < -0.3 is 14.7 Å². The Morgan fingerprint density at radius 3 is 2.53 bits per heavy atom. The van der Waals surface area contributed by atoms with Crippen LogP contribution in [-0.4, -0.2) is 47.7 Å². The molecule has 1 aliphatic carbocycles. The summed E-state index contributed by atoms with van der Waals surface area (Å²) in [5.41, 5.74) is 0. The zero-order chi connectivity index (χ0) is 12.3. The molecule has 17 heavy (non-hydrogen) atoms. The zero-order valence-electron chi connectivity index (χ0n) is 9.93. The molecule has 1 saturated heterocycles. The molecule has 1 atom stereocenters. The summed E-state index contributed by atoms with van der Waals surface area (Å²) in [4.78, 5) is 24.9. The summed E-state index contributed by atoms with van der Waals surface area (Å²) in [5, 5.41) is 9.08. The molecule has 1 heterocycles. The van der Waals surface area contributed by atoms with Crippen LogP contribution in [0.25, 0.3) is 0 Å². The van der Waals surface area contributed by atoms with Gasteiger partial charge in [0, 0.05) is 12.5 Å². The van der Waals surface area contributed by atoms with Crippen LogP contribution in [0.2, 0.25) is 0 Å². The third-order valence-electron chi connectivity index (χ3n) is 3.65. The predicted octanol–water partition coefficient (Wildman–Crippen LogP) is 0.879. The number of morpholine rings is 1. The predicted molar refractivity (Wildman–Crippen MR) is 60.5 cm³/mol. The molecule has 96 valence electrons. The topological polar surface area (TPSA) is 66.8 Å². The zero-order valence-corrected chi connectivity index (χ0v) is 9.93. The van der Waals surface area contributed by atoms with Crippen molar-refractivity contribution in [1.82, 2.24) is 4.90 Å². The summed E-state index contributed by atoms with van der Waals surface area (Å²) >= 11 is 0. The van der Waals surface area contributed by atoms with Crippen LogP contribution in [0.4, 0.5) is 0 Å². The van der Waals surface area contributed by atoms with Crippen LogP contribution < -0.4 is 0 Å². The largest absolute Gasteiger partial charge is 0.480 e. The molecule has 5 nitrogen and oxygen atoms in total. The molecule has 1 amide bonds. The molecule has 0 aromatic carbocycles. The Bertz CT molecular complexity index is 299. The minimum absolute atomic E-state index is 0.0143. The van der Waals surface area contributed by atoms with E-state index in [0.29, 0.717) is 13.2 Å². The summed E-state index contributed by atoms with van der Waals surface area (Å²) in [6.07, 6.45) is 5.16. The van der Waals surface area contributed by atoms with E-state index in [9.17, 15) is 9.59 Å². The van der Waals surface area contributed by atoms with Crippen molar-refractivity contribution in [2.75, 3.05) is 19.8 Å². The van der Waals surface area contributed by atoms with Crippen LogP contribution in [0.3, 0.4) is 0 Å². The molecule has 1 saturated carbocycles. The molecule has 2 aliphatic rings. The van der Waals surface area contributed by atoms with Crippen molar-refractivity contribution in [1.29, 1.82) is 0 Å². The Hall–Kier alpha value is -1.10. The first-order valence-electron chi connectivity index (χ1n) is 6.31. The summed E-state index contributed by atoms with van der Waals surface area (Å²) in [6.45, 7) is 0.975. The Morgan fingerprint density at radius 1 is 1.18 bits per heavy atom. The van der Waals surface area contributed by atoms with Crippen molar-refractivity contribution in [3.8, 4) is 0 Å². The van der Waals surface area contributed by atoms with Crippen molar-refractivity contribution >= 4 is 11.9 Å². The lowest BCUT2D eigenvalue weighted by molar-refractivity contribution is -0.160. The molecule has 2 fully saturated rings. The number of carbonyl (C=O) groups excluding carboxylic acids is 1. The molecule has 1 unspecified atom stereocenters. The number of carbonyl (C=O) groups is 2. The smallest absolute Gasteiger partial charge is 0.328 e. The molecule has 2 rings (SSSR count). The van der Waals surface area contributed by atoms with Crippen molar-refractivity contribution in [3.63, 3.8) is 0 Å². The highest BCUT2D eigenvalue weighted by atomic mass is 16.5. The van der Waals surface area contributed by atoms with Crippen LogP contribution in [0.5, 0.6) is 0 Å². The summed E-state index contributed by atoms with van der Waals surface area (Å²) in [6, 6.07) is -0.793. The molecule has 0 spiro atoms. The van der Waals surface area contributed by atoms with E-state index in [-0.39, 0.29) is 18.4 Å². The van der Waals surface area contributed by atoms with Crippen molar-refractivity contribution in [3.05, 3.63) is 0 Å². The molecule has 0 aromatic rings. The van der Waals surface area contributed by atoms with Crippen LogP contribution in [0.1, 0.15) is 32.1 Å². The van der Waals surface area contributed by atoms with E-state index in [2.05, 4.69) is 0 Å². The normalized spacial score (nSPS) is 26.8. The second-order valence-electron chi connectivity index (χ2n) is 4.80. The third-order valence-corrected chi connectivity index (χ3v) is 3.65. The highest BCUT2D eigenvalue weighted by molar-refractivity contribution is 5.85. The van der Waals surface area contributed by atoms with Gasteiger partial charge in [-0.25, -0.2) is 4.79 Å². The Morgan fingerprint density at radius 2 is 1.88 bits per heavy atom. The van der Waals surface area contributed by atoms with Gasteiger partial charge in [-0.05, 0) is 12.8 Å². The number of rotatable bonds is 2. The van der Waals surface area contributed by atoms with Gasteiger partial charge in [0.2, 0.25) is 5.91 Å². The number of ether oxygens (including phenoxy) is 1. The van der Waals surface area contributed by atoms with E-state index in [1.807, 2.05) is 0 Å². The maximum Gasteiger partial charge on any atom is 0.328 e. The Balaban J connectivity index is 2.02. The fraction of sp³-hybridized carbons (Fsp3) is 0.833. The SMILES string of the molecule is O=C(O)C1COCCN1C(=O)C1CCCCC1. The number of hydrogen-bond acceptors (Lipinski definition) is 3. The molecule has 5 heteroatoms. The van der Waals surface area contributed by atoms with Gasteiger partial charge in [-0.15, -0.1) is 0 Å². The van der Waals surface area contributed by atoms with E-state index in [4.69, 9.17) is 9.84 Å². The second-order valence-corrected chi connectivity index (χ2v) is 4.80. The Labute approximate surface area is 101 Å². The lowest BCUT2D eigenvalue weighted by Gasteiger charge is -2.36. The highest BCUT2D eigenvalue weighted by Crippen LogP contribution is 2.26. The minimum atomic E-state index is -0.964. The van der Waals surface area contributed by atoms with E-state index in [1.54, 1.807) is 0 Å². The van der Waals surface area contributed by atoms with Crippen molar-refractivity contribution < 1.29 is 19.4 Å². The summed E-state index contributed by atoms with van der Waals surface area (Å²) in [5.74, 6) is -0.919. The number of amides is 1. The number of nitrogens with zero attached hydrogens (tertiary/aromatic N) is 1. The fourth-order valence-electron chi connectivity index (χ4n) is 2.66. The first-order chi connectivity index (χ1) is 8.20. The van der Waals surface area contributed by atoms with Gasteiger partial charge in [0.25, 0.3) is 0 Å². The minimum Gasteiger partial charge on any atom is -0.480 e. The third kappa shape index (κ3) is 2.77. The van der Waals surface area contributed by atoms with Gasteiger partial charge in [-0.1, -0.05) is 19.3 Å². The number of aliphatic carboxylic acids is 1. The van der Waals surface area contributed by atoms with Gasteiger partial charge in [0.05, 0.1) is 13.2 Å². The van der Waals surface area contributed by atoms with Crippen LogP contribution in [0, 0.1) is 5.92 Å². The van der Waals surface area contributed by atoms with Crippen LogP contribution in [0.15, 0.2) is 0 Å². The molecule has 1 N–H and O–H groups in total. The van der Waals surface area contributed by atoms with Crippen LogP contribution >= 0.6 is 0 Å². The molecule has 0 bridgehead atoms. The van der Waals surface area contributed by atoms with Crippen molar-refractivity contribution in [2.45, 2.75) is 38.1 Å². The quantitative estimate of drug-likeness (QED) is 0.779. The fourth-order valence-corrected chi connectivity index (χ4v) is 2.66. The molecule has 1 aliphatic heterocycles. The van der Waals surface area contributed by atoms with Gasteiger partial charge in [-0.3, -0.25) is 4.79 Å². The summed E-state index contributed by atoms with van der Waals surface area (Å²) in [7, 11) is 0. The van der Waals surface area contributed by atoms with Gasteiger partial charge in [0.1, 0.15) is 0 Å². The lowest BCUT2D eigenvalue weighted by atomic mass is 9.88. The first kappa shape index (κ1) is 12.4. The monoisotopic (exact) mass is 241 g/mol. The Kier molecular flexibility index (Phi) is 3.99. The van der Waals surface area contributed by atoms with Gasteiger partial charge >= 0.3 is 5.97 Å². The number of carboxylic acids is 1. The van der Waals surface area contributed by atoms with Gasteiger partial charge in [-0.2, -0.15) is 0 Å². The van der Waals surface area contributed by atoms with Gasteiger partial charge in [0.15, 0.2) is 6.04 Å². The number of hydrogen-bond donors (Lipinski definition) is 1. The maximum absolute atomic E-state index is 12.3. The second kappa shape index (κ2) is 5.49. The van der Waals surface area contributed by atoms with Crippen molar-refractivity contribution in [2.24, 2.45) is 5.92 Å². The average Bonchev–Trinajstić information content (AvgIpc) is 2.39. The first-order valence-corrected chi connectivity index (χ1v) is 6.31. The number of carboxylic acid groups (broad SMARTS) is 1. The molecule has 0 radical (unpaired) electrons.